The Kier molecular flexibility index (Phi) is 6.95. The summed E-state index contributed by atoms with van der Waals surface area (Å²) in [5, 5.41) is 11.0. The zero-order chi connectivity index (χ0) is 26.2. The number of benzene rings is 2. The van der Waals surface area contributed by atoms with Crippen LogP contribution in [0.4, 0.5) is 13.2 Å². The number of ether oxygens (including phenoxy) is 1. The number of alkyl halides is 3. The molecule has 4 aliphatic rings. The van der Waals surface area contributed by atoms with Crippen LogP contribution in [0.5, 0.6) is 5.75 Å². The van der Waals surface area contributed by atoms with Crippen molar-refractivity contribution < 1.29 is 27.8 Å². The summed E-state index contributed by atoms with van der Waals surface area (Å²) in [6.45, 7) is 0. The smallest absolute Gasteiger partial charge is 0.416 e. The predicted octanol–water partition coefficient (Wildman–Crippen LogP) is 7.62. The van der Waals surface area contributed by atoms with Crippen molar-refractivity contribution in [3.63, 3.8) is 0 Å². The maximum atomic E-state index is 13.2. The van der Waals surface area contributed by atoms with Crippen molar-refractivity contribution in [1.29, 1.82) is 0 Å². The number of esters is 1. The van der Waals surface area contributed by atoms with Gasteiger partial charge in [0.15, 0.2) is 0 Å². The maximum absolute atomic E-state index is 13.2. The Morgan fingerprint density at radius 2 is 1.70 bits per heavy atom. The monoisotopic (exact) mass is 510 g/mol. The Bertz CT molecular complexity index is 1190. The summed E-state index contributed by atoms with van der Waals surface area (Å²) in [4.78, 5) is 11.6. The highest BCUT2D eigenvalue weighted by atomic mass is 19.4. The van der Waals surface area contributed by atoms with Gasteiger partial charge in [-0.1, -0.05) is 30.3 Å². The number of hydrogen-bond donors (Lipinski definition) is 1. The highest BCUT2D eigenvalue weighted by Gasteiger charge is 2.52. The number of hydrogen-bond acceptors (Lipinski definition) is 3. The van der Waals surface area contributed by atoms with E-state index in [2.05, 4.69) is 16.9 Å². The maximum Gasteiger partial charge on any atom is 0.416 e. The number of carbonyl (C=O) groups excluding carboxylic acids is 1. The molecule has 4 fully saturated rings. The lowest BCUT2D eigenvalue weighted by Gasteiger charge is -2.57. The Labute approximate surface area is 216 Å². The molecule has 0 unspecified atom stereocenters. The fourth-order valence-electron chi connectivity index (χ4n) is 7.40. The Hall–Kier alpha value is -3.02. The number of halogens is 3. The summed E-state index contributed by atoms with van der Waals surface area (Å²) < 4.78 is 44.4. The van der Waals surface area contributed by atoms with E-state index >= 15 is 0 Å². The number of carbonyl (C=O) groups is 1. The van der Waals surface area contributed by atoms with Crippen LogP contribution >= 0.6 is 0 Å². The second-order valence-corrected chi connectivity index (χ2v) is 11.2. The van der Waals surface area contributed by atoms with Crippen LogP contribution in [0.25, 0.3) is 5.57 Å². The zero-order valence-electron chi connectivity index (χ0n) is 21.1. The third kappa shape index (κ3) is 5.48. The number of aromatic hydroxyl groups is 1. The number of phenols is 1. The molecule has 1 N–H and O–H groups in total. The van der Waals surface area contributed by atoms with Crippen LogP contribution in [0.1, 0.15) is 67.2 Å². The summed E-state index contributed by atoms with van der Waals surface area (Å²) >= 11 is 0. The van der Waals surface area contributed by atoms with Gasteiger partial charge in [-0.3, -0.25) is 0 Å². The predicted molar refractivity (Wildman–Crippen MR) is 137 cm³/mol. The van der Waals surface area contributed by atoms with E-state index in [1.807, 2.05) is 12.1 Å². The molecule has 37 heavy (non-hydrogen) atoms. The van der Waals surface area contributed by atoms with Gasteiger partial charge < -0.3 is 9.84 Å². The number of methoxy groups -OCH3 is 1. The first-order chi connectivity index (χ1) is 17.6. The summed E-state index contributed by atoms with van der Waals surface area (Å²) in [7, 11) is 1.25. The van der Waals surface area contributed by atoms with E-state index in [0.717, 1.165) is 41.0 Å². The van der Waals surface area contributed by atoms with Gasteiger partial charge >= 0.3 is 12.1 Å². The van der Waals surface area contributed by atoms with Crippen molar-refractivity contribution >= 4 is 11.5 Å². The van der Waals surface area contributed by atoms with Gasteiger partial charge in [0.2, 0.25) is 0 Å². The minimum atomic E-state index is -4.46. The molecule has 0 aromatic heterocycles. The molecule has 0 spiro atoms. The van der Waals surface area contributed by atoms with Crippen LogP contribution in [0.15, 0.2) is 60.7 Å². The standard InChI is InChI=1S/C31H33F3O3/c1-37-29(36)11-9-24(25-6-3-7-26(16-25)31(32,33)34)5-2-4-20-8-10-27(28(35)15-20)30-17-21-12-22(18-30)14-23(13-21)19-30/h3,5-11,15-16,21-23,35H,2,4,12-14,17-19H2,1H3. The van der Waals surface area contributed by atoms with Crippen LogP contribution in [0.2, 0.25) is 0 Å². The third-order valence-corrected chi connectivity index (χ3v) is 8.59. The number of allylic oxidation sites excluding steroid dienone is 3. The lowest BCUT2D eigenvalue weighted by molar-refractivity contribution is -0.137. The van der Waals surface area contributed by atoms with E-state index in [0.29, 0.717) is 29.7 Å². The molecular formula is C31H33F3O3. The van der Waals surface area contributed by atoms with E-state index in [-0.39, 0.29) is 5.41 Å². The molecule has 0 radical (unpaired) electrons. The van der Waals surface area contributed by atoms with Gasteiger partial charge in [-0.15, -0.1) is 0 Å². The lowest BCUT2D eigenvalue weighted by atomic mass is 9.48. The molecule has 2 aromatic rings. The normalized spacial score (nSPS) is 27.1. The van der Waals surface area contributed by atoms with Crippen LogP contribution in [0.3, 0.4) is 0 Å². The number of phenolic OH excluding ortho intramolecular Hbond substituents is 1. The molecule has 4 bridgehead atoms. The van der Waals surface area contributed by atoms with Crippen molar-refractivity contribution in [2.45, 2.75) is 63.0 Å². The van der Waals surface area contributed by atoms with Gasteiger partial charge in [0.25, 0.3) is 0 Å². The van der Waals surface area contributed by atoms with Crippen molar-refractivity contribution in [2.24, 2.45) is 17.8 Å². The lowest BCUT2D eigenvalue weighted by Crippen LogP contribution is -2.48. The molecule has 0 aliphatic heterocycles. The van der Waals surface area contributed by atoms with Gasteiger partial charge in [0, 0.05) is 11.6 Å². The minimum absolute atomic E-state index is 0.118. The van der Waals surface area contributed by atoms with E-state index in [1.165, 1.54) is 63.9 Å². The van der Waals surface area contributed by atoms with Crippen LogP contribution in [0, 0.1) is 17.8 Å². The largest absolute Gasteiger partial charge is 0.508 e. The molecule has 4 aliphatic carbocycles. The Morgan fingerprint density at radius 3 is 2.30 bits per heavy atom. The summed E-state index contributed by atoms with van der Waals surface area (Å²) in [6, 6.07) is 11.1. The Morgan fingerprint density at radius 1 is 1.03 bits per heavy atom. The van der Waals surface area contributed by atoms with Crippen molar-refractivity contribution in [2.75, 3.05) is 7.11 Å². The first-order valence-corrected chi connectivity index (χ1v) is 13.1. The molecule has 3 nitrogen and oxygen atoms in total. The second kappa shape index (κ2) is 10.0. The van der Waals surface area contributed by atoms with Gasteiger partial charge in [-0.05, 0) is 116 Å². The highest BCUT2D eigenvalue weighted by Crippen LogP contribution is 2.61. The zero-order valence-corrected chi connectivity index (χ0v) is 21.1. The molecule has 0 heterocycles. The van der Waals surface area contributed by atoms with Crippen LogP contribution < -0.4 is 0 Å². The molecule has 4 saturated carbocycles. The number of rotatable bonds is 7. The Balaban J connectivity index is 1.33. The molecule has 0 amide bonds. The molecule has 6 rings (SSSR count). The topological polar surface area (TPSA) is 46.5 Å². The third-order valence-electron chi connectivity index (χ3n) is 8.59. The van der Waals surface area contributed by atoms with Crippen molar-refractivity contribution in [3.8, 4) is 5.75 Å². The average molecular weight is 511 g/mol. The molecule has 2 aromatic carbocycles. The van der Waals surface area contributed by atoms with Crippen molar-refractivity contribution in [1.82, 2.24) is 0 Å². The molecule has 196 valence electrons. The van der Waals surface area contributed by atoms with E-state index < -0.39 is 17.7 Å². The summed E-state index contributed by atoms with van der Waals surface area (Å²) in [5.41, 5.74) is 2.32. The molecule has 0 atom stereocenters. The van der Waals surface area contributed by atoms with Crippen LogP contribution in [-0.4, -0.2) is 18.2 Å². The SMILES string of the molecule is COC(=O)C=CC(=CCCc1ccc(C23CC4CC(CC(C4)C2)C3)c(O)c1)c1cccc(C(F)(F)F)c1. The van der Waals surface area contributed by atoms with Gasteiger partial charge in [-0.25, -0.2) is 4.79 Å². The average Bonchev–Trinajstić information content (AvgIpc) is 2.84. The quantitative estimate of drug-likeness (QED) is 0.237. The second-order valence-electron chi connectivity index (χ2n) is 11.2. The number of aryl methyl sites for hydroxylation is 1. The first-order valence-electron chi connectivity index (χ1n) is 13.1. The van der Waals surface area contributed by atoms with Gasteiger partial charge in [0.05, 0.1) is 12.7 Å². The highest BCUT2D eigenvalue weighted by molar-refractivity contribution is 5.87. The van der Waals surface area contributed by atoms with Crippen molar-refractivity contribution in [3.05, 3.63) is 82.9 Å². The fourth-order valence-corrected chi connectivity index (χ4v) is 7.40. The van der Waals surface area contributed by atoms with E-state index in [9.17, 15) is 23.1 Å². The van der Waals surface area contributed by atoms with E-state index in [4.69, 9.17) is 0 Å². The molecule has 6 heteroatoms. The van der Waals surface area contributed by atoms with E-state index in [1.54, 1.807) is 6.07 Å². The first kappa shape index (κ1) is 25.6. The molecular weight excluding hydrogens is 477 g/mol. The summed E-state index contributed by atoms with van der Waals surface area (Å²) in [6.07, 6.45) is 8.80. The van der Waals surface area contributed by atoms with Gasteiger partial charge in [-0.2, -0.15) is 13.2 Å². The minimum Gasteiger partial charge on any atom is -0.508 e. The molecule has 0 saturated heterocycles. The van der Waals surface area contributed by atoms with Gasteiger partial charge in [0.1, 0.15) is 5.75 Å². The fraction of sp³-hybridized carbons (Fsp3) is 0.452. The summed E-state index contributed by atoms with van der Waals surface area (Å²) in [5.74, 6) is 2.17. The van der Waals surface area contributed by atoms with Crippen LogP contribution in [-0.2, 0) is 27.5 Å².